The van der Waals surface area contributed by atoms with Crippen molar-refractivity contribution in [2.24, 2.45) is 5.92 Å². The maximum Gasteiger partial charge on any atom is 0.223 e. The molecule has 1 heterocycles. The number of nitrogens with one attached hydrogen (secondary N) is 1. The van der Waals surface area contributed by atoms with Gasteiger partial charge in [0.1, 0.15) is 0 Å². The van der Waals surface area contributed by atoms with E-state index < -0.39 is 6.10 Å². The number of amides is 1. The Hall–Kier alpha value is -2.18. The second kappa shape index (κ2) is 8.27. The Bertz CT molecular complexity index is 686. The maximum absolute atomic E-state index is 12.3. The zero-order valence-electron chi connectivity index (χ0n) is 14.5. The van der Waals surface area contributed by atoms with Gasteiger partial charge in [0.2, 0.25) is 5.91 Å². The summed E-state index contributed by atoms with van der Waals surface area (Å²) in [5.41, 5.74) is 2.10. The highest BCUT2D eigenvalue weighted by molar-refractivity contribution is 5.78. The number of benzene rings is 1. The van der Waals surface area contributed by atoms with Crippen LogP contribution in [0.3, 0.4) is 0 Å². The number of para-hydroxylation sites is 1. The lowest BCUT2D eigenvalue weighted by Crippen LogP contribution is -2.41. The molecule has 0 saturated heterocycles. The van der Waals surface area contributed by atoms with E-state index in [2.05, 4.69) is 10.4 Å². The normalized spacial score (nSPS) is 23.4. The number of carbonyl (C=O) groups is 1. The molecule has 1 aromatic carbocycles. The number of hydrogen-bond donors (Lipinski definition) is 2. The van der Waals surface area contributed by atoms with Gasteiger partial charge < -0.3 is 15.2 Å². The van der Waals surface area contributed by atoms with E-state index in [1.807, 2.05) is 47.4 Å². The van der Waals surface area contributed by atoms with Crippen molar-refractivity contribution in [2.75, 3.05) is 13.7 Å². The molecular weight excluding hydrogens is 318 g/mol. The summed E-state index contributed by atoms with van der Waals surface area (Å²) in [4.78, 5) is 12.3. The quantitative estimate of drug-likeness (QED) is 0.837. The van der Waals surface area contributed by atoms with Crippen LogP contribution in [0.2, 0.25) is 0 Å². The number of carbonyl (C=O) groups excluding carboxylic acids is 1. The number of aliphatic hydroxyl groups is 1. The fourth-order valence-electron chi connectivity index (χ4n) is 3.29. The average molecular weight is 343 g/mol. The standard InChI is InChI=1S/C19H25N3O3/c1-25-18-11-15(7-8-17(18)23)19(24)20-10-9-14-12-21-22(13-14)16-5-3-2-4-6-16/h2-6,12-13,15,17-18,23H,7-11H2,1H3,(H,20,24)/t15-,17+,18-/m1/s1. The number of aliphatic hydroxyl groups excluding tert-OH is 1. The molecule has 1 saturated carbocycles. The Morgan fingerprint density at radius 1 is 1.36 bits per heavy atom. The minimum Gasteiger partial charge on any atom is -0.390 e. The van der Waals surface area contributed by atoms with Crippen LogP contribution in [0.1, 0.15) is 24.8 Å². The van der Waals surface area contributed by atoms with Crippen molar-refractivity contribution in [3.8, 4) is 5.69 Å². The van der Waals surface area contributed by atoms with Crippen LogP contribution in [0.25, 0.3) is 5.69 Å². The Labute approximate surface area is 147 Å². The number of nitrogens with zero attached hydrogens (tertiary/aromatic N) is 2. The van der Waals surface area contributed by atoms with Crippen molar-refractivity contribution in [3.63, 3.8) is 0 Å². The van der Waals surface area contributed by atoms with E-state index in [9.17, 15) is 9.90 Å². The largest absolute Gasteiger partial charge is 0.390 e. The molecule has 2 N–H and O–H groups in total. The van der Waals surface area contributed by atoms with Gasteiger partial charge in [0.25, 0.3) is 0 Å². The minimum absolute atomic E-state index is 0.0457. The number of hydrogen-bond acceptors (Lipinski definition) is 4. The lowest BCUT2D eigenvalue weighted by Gasteiger charge is -2.31. The Kier molecular flexibility index (Phi) is 5.83. The van der Waals surface area contributed by atoms with Gasteiger partial charge in [-0.3, -0.25) is 4.79 Å². The second-order valence-electron chi connectivity index (χ2n) is 6.52. The summed E-state index contributed by atoms with van der Waals surface area (Å²) >= 11 is 0. The van der Waals surface area contributed by atoms with Crippen LogP contribution in [-0.2, 0) is 16.0 Å². The smallest absolute Gasteiger partial charge is 0.223 e. The Morgan fingerprint density at radius 3 is 2.92 bits per heavy atom. The molecule has 3 rings (SSSR count). The first-order chi connectivity index (χ1) is 12.2. The highest BCUT2D eigenvalue weighted by atomic mass is 16.5. The van der Waals surface area contributed by atoms with Gasteiger partial charge in [0.05, 0.1) is 24.1 Å². The molecule has 134 valence electrons. The molecule has 3 atom stereocenters. The van der Waals surface area contributed by atoms with Gasteiger partial charge in [-0.25, -0.2) is 4.68 Å². The lowest BCUT2D eigenvalue weighted by molar-refractivity contribution is -0.130. The van der Waals surface area contributed by atoms with E-state index in [-0.39, 0.29) is 17.9 Å². The topological polar surface area (TPSA) is 76.4 Å². The first-order valence-corrected chi connectivity index (χ1v) is 8.75. The van der Waals surface area contributed by atoms with Gasteiger partial charge in [-0.05, 0) is 43.4 Å². The summed E-state index contributed by atoms with van der Waals surface area (Å²) in [6.45, 7) is 0.579. The molecule has 0 radical (unpaired) electrons. The van der Waals surface area contributed by atoms with Gasteiger partial charge in [-0.1, -0.05) is 18.2 Å². The molecule has 1 aromatic heterocycles. The highest BCUT2D eigenvalue weighted by Gasteiger charge is 2.32. The van der Waals surface area contributed by atoms with Crippen molar-refractivity contribution in [1.82, 2.24) is 15.1 Å². The van der Waals surface area contributed by atoms with Crippen molar-refractivity contribution < 1.29 is 14.6 Å². The van der Waals surface area contributed by atoms with Crippen molar-refractivity contribution in [3.05, 3.63) is 48.3 Å². The molecule has 0 aliphatic heterocycles. The maximum atomic E-state index is 12.3. The third kappa shape index (κ3) is 4.46. The third-order valence-corrected chi connectivity index (χ3v) is 4.80. The monoisotopic (exact) mass is 343 g/mol. The van der Waals surface area contributed by atoms with Gasteiger partial charge in [-0.2, -0.15) is 5.10 Å². The minimum atomic E-state index is -0.460. The highest BCUT2D eigenvalue weighted by Crippen LogP contribution is 2.26. The summed E-state index contributed by atoms with van der Waals surface area (Å²) in [5.74, 6) is -0.0372. The molecule has 1 fully saturated rings. The summed E-state index contributed by atoms with van der Waals surface area (Å²) in [5, 5.41) is 17.2. The number of rotatable bonds is 6. The summed E-state index contributed by atoms with van der Waals surface area (Å²) in [6, 6.07) is 9.93. The fourth-order valence-corrected chi connectivity index (χ4v) is 3.29. The van der Waals surface area contributed by atoms with E-state index in [0.29, 0.717) is 25.8 Å². The predicted octanol–water partition coefficient (Wildman–Crippen LogP) is 1.71. The Morgan fingerprint density at radius 2 is 2.16 bits per heavy atom. The summed E-state index contributed by atoms with van der Waals surface area (Å²) in [6.07, 6.45) is 5.75. The Balaban J connectivity index is 1.47. The lowest BCUT2D eigenvalue weighted by atomic mass is 9.84. The zero-order valence-corrected chi connectivity index (χ0v) is 14.5. The average Bonchev–Trinajstić information content (AvgIpc) is 3.11. The van der Waals surface area contributed by atoms with Crippen LogP contribution >= 0.6 is 0 Å². The van der Waals surface area contributed by atoms with Crippen molar-refractivity contribution >= 4 is 5.91 Å². The number of aromatic nitrogens is 2. The first-order valence-electron chi connectivity index (χ1n) is 8.75. The molecular formula is C19H25N3O3. The molecule has 0 unspecified atom stereocenters. The van der Waals surface area contributed by atoms with Crippen molar-refractivity contribution in [1.29, 1.82) is 0 Å². The summed E-state index contributed by atoms with van der Waals surface area (Å²) in [7, 11) is 1.58. The van der Waals surface area contributed by atoms with Gasteiger partial charge in [-0.15, -0.1) is 0 Å². The molecule has 0 spiro atoms. The van der Waals surface area contributed by atoms with Gasteiger partial charge in [0.15, 0.2) is 0 Å². The van der Waals surface area contributed by atoms with Crippen molar-refractivity contribution in [2.45, 2.75) is 37.9 Å². The van der Waals surface area contributed by atoms with Gasteiger partial charge >= 0.3 is 0 Å². The second-order valence-corrected chi connectivity index (χ2v) is 6.52. The zero-order chi connectivity index (χ0) is 17.6. The fraction of sp³-hybridized carbons (Fsp3) is 0.474. The van der Waals surface area contributed by atoms with E-state index in [1.165, 1.54) is 0 Å². The molecule has 1 aliphatic carbocycles. The van der Waals surface area contributed by atoms with Gasteiger partial charge in [0, 0.05) is 25.8 Å². The number of ether oxygens (including phenoxy) is 1. The number of methoxy groups -OCH3 is 1. The molecule has 25 heavy (non-hydrogen) atoms. The first kappa shape index (κ1) is 17.6. The SMILES string of the molecule is CO[C@@H]1C[C@H](C(=O)NCCc2cnn(-c3ccccc3)c2)CC[C@@H]1O. The van der Waals surface area contributed by atoms with E-state index >= 15 is 0 Å². The summed E-state index contributed by atoms with van der Waals surface area (Å²) < 4.78 is 7.10. The van der Waals surface area contributed by atoms with Crippen LogP contribution in [0.4, 0.5) is 0 Å². The van der Waals surface area contributed by atoms with E-state index in [4.69, 9.17) is 4.74 Å². The van der Waals surface area contributed by atoms with Crippen LogP contribution in [0.5, 0.6) is 0 Å². The van der Waals surface area contributed by atoms with E-state index in [0.717, 1.165) is 17.7 Å². The predicted molar refractivity (Wildman–Crippen MR) is 94.4 cm³/mol. The molecule has 0 bridgehead atoms. The van der Waals surface area contributed by atoms with Crippen LogP contribution in [0.15, 0.2) is 42.7 Å². The van der Waals surface area contributed by atoms with Crippen LogP contribution < -0.4 is 5.32 Å². The van der Waals surface area contributed by atoms with Crippen LogP contribution in [-0.4, -0.2) is 46.7 Å². The molecule has 1 amide bonds. The molecule has 1 aliphatic rings. The molecule has 2 aromatic rings. The van der Waals surface area contributed by atoms with E-state index in [1.54, 1.807) is 7.11 Å². The van der Waals surface area contributed by atoms with Crippen LogP contribution in [0, 0.1) is 5.92 Å². The third-order valence-electron chi connectivity index (χ3n) is 4.80. The molecule has 6 heteroatoms. The molecule has 6 nitrogen and oxygen atoms in total.